The van der Waals surface area contributed by atoms with Crippen molar-refractivity contribution in [3.63, 3.8) is 0 Å². The van der Waals surface area contributed by atoms with E-state index in [4.69, 9.17) is 18.0 Å². The van der Waals surface area contributed by atoms with Gasteiger partial charge in [-0.1, -0.05) is 12.2 Å². The van der Waals surface area contributed by atoms with Crippen LogP contribution >= 0.6 is 23.6 Å². The molecule has 1 aromatic heterocycles. The Kier molecular flexibility index (Phi) is 4.44. The normalized spacial score (nSPS) is 10.2. The number of thiophene rings is 1. The van der Waals surface area contributed by atoms with Crippen molar-refractivity contribution in [3.05, 3.63) is 21.4 Å². The summed E-state index contributed by atoms with van der Waals surface area (Å²) in [6.45, 7) is 6.91. The number of hydrogen-bond acceptors (Lipinski definition) is 3. The second-order valence-corrected chi connectivity index (χ2v) is 5.42. The number of carbonyl (C=O) groups excluding carboxylic acids is 1. The van der Waals surface area contributed by atoms with Crippen LogP contribution in [0.2, 0.25) is 0 Å². The minimum Gasteiger partial charge on any atom is -0.392 e. The van der Waals surface area contributed by atoms with Gasteiger partial charge in [-0.15, -0.1) is 11.3 Å². The van der Waals surface area contributed by atoms with E-state index in [1.54, 1.807) is 4.90 Å². The van der Waals surface area contributed by atoms with Crippen LogP contribution < -0.4 is 5.73 Å². The van der Waals surface area contributed by atoms with E-state index in [1.807, 2.05) is 26.8 Å². The van der Waals surface area contributed by atoms with E-state index in [-0.39, 0.29) is 5.91 Å². The Morgan fingerprint density at radius 2 is 2.19 bits per heavy atom. The Morgan fingerprint density at radius 1 is 1.56 bits per heavy atom. The van der Waals surface area contributed by atoms with E-state index in [0.717, 1.165) is 10.4 Å². The molecule has 88 valence electrons. The third-order valence-corrected chi connectivity index (χ3v) is 3.66. The molecule has 0 atom stereocenters. The van der Waals surface area contributed by atoms with Crippen LogP contribution in [0.4, 0.5) is 0 Å². The topological polar surface area (TPSA) is 46.3 Å². The highest BCUT2D eigenvalue weighted by Crippen LogP contribution is 2.21. The first-order chi connectivity index (χ1) is 7.45. The van der Waals surface area contributed by atoms with Gasteiger partial charge in [0, 0.05) is 11.4 Å². The first-order valence-electron chi connectivity index (χ1n) is 5.10. The Hall–Kier alpha value is -0.940. The Morgan fingerprint density at radius 3 is 2.56 bits per heavy atom. The molecule has 0 aliphatic carbocycles. The van der Waals surface area contributed by atoms with Gasteiger partial charge in [0.2, 0.25) is 0 Å². The van der Waals surface area contributed by atoms with Crippen molar-refractivity contribution in [1.29, 1.82) is 0 Å². The maximum Gasteiger partial charge on any atom is 0.264 e. The van der Waals surface area contributed by atoms with E-state index in [9.17, 15) is 4.79 Å². The van der Waals surface area contributed by atoms with Crippen molar-refractivity contribution in [2.75, 3.05) is 13.1 Å². The van der Waals surface area contributed by atoms with Crippen LogP contribution in [0, 0.1) is 13.8 Å². The number of thiocarbonyl (C=S) groups is 1. The van der Waals surface area contributed by atoms with Gasteiger partial charge in [0.1, 0.15) is 0 Å². The predicted molar refractivity (Wildman–Crippen MR) is 72.2 cm³/mol. The van der Waals surface area contributed by atoms with Crippen molar-refractivity contribution < 1.29 is 4.79 Å². The Bertz CT molecular complexity index is 393. The van der Waals surface area contributed by atoms with Gasteiger partial charge < -0.3 is 10.6 Å². The summed E-state index contributed by atoms with van der Waals surface area (Å²) in [7, 11) is 0. The molecule has 1 rings (SSSR count). The number of nitrogens with zero attached hydrogens (tertiary/aromatic N) is 1. The van der Waals surface area contributed by atoms with Gasteiger partial charge >= 0.3 is 0 Å². The van der Waals surface area contributed by atoms with Crippen molar-refractivity contribution in [2.24, 2.45) is 5.73 Å². The molecule has 1 aromatic rings. The highest BCUT2D eigenvalue weighted by Gasteiger charge is 2.17. The minimum atomic E-state index is 0.0106. The van der Waals surface area contributed by atoms with Gasteiger partial charge in [-0.2, -0.15) is 0 Å². The molecular weight excluding hydrogens is 240 g/mol. The van der Waals surface area contributed by atoms with Gasteiger partial charge in [0.05, 0.1) is 16.4 Å². The average Bonchev–Trinajstić information content (AvgIpc) is 2.54. The molecule has 0 unspecified atom stereocenters. The highest BCUT2D eigenvalue weighted by atomic mass is 32.1. The molecule has 0 saturated heterocycles. The van der Waals surface area contributed by atoms with Crippen molar-refractivity contribution in [3.8, 4) is 0 Å². The summed E-state index contributed by atoms with van der Waals surface area (Å²) in [5.74, 6) is 0.0106. The summed E-state index contributed by atoms with van der Waals surface area (Å²) in [6, 6.07) is 1.92. The molecule has 0 aliphatic rings. The van der Waals surface area contributed by atoms with Crippen LogP contribution in [-0.4, -0.2) is 28.9 Å². The maximum atomic E-state index is 12.1. The third-order valence-electron chi connectivity index (χ3n) is 2.39. The lowest BCUT2D eigenvalue weighted by atomic mass is 10.2. The number of aryl methyl sites for hydroxylation is 2. The Labute approximate surface area is 105 Å². The van der Waals surface area contributed by atoms with Crippen LogP contribution in [0.15, 0.2) is 6.07 Å². The lowest BCUT2D eigenvalue weighted by Gasteiger charge is -2.18. The number of nitrogens with two attached hydrogens (primary N) is 1. The zero-order valence-corrected chi connectivity index (χ0v) is 11.4. The molecule has 3 nitrogen and oxygen atoms in total. The number of hydrogen-bond donors (Lipinski definition) is 1. The molecule has 0 saturated carbocycles. The van der Waals surface area contributed by atoms with E-state index in [2.05, 4.69) is 0 Å². The largest absolute Gasteiger partial charge is 0.392 e. The Balaban J connectivity index is 2.86. The third kappa shape index (κ3) is 3.02. The van der Waals surface area contributed by atoms with Gasteiger partial charge in [0.25, 0.3) is 5.91 Å². The maximum absolute atomic E-state index is 12.1. The summed E-state index contributed by atoms with van der Waals surface area (Å²) in [6.07, 6.45) is 0. The molecule has 0 radical (unpaired) electrons. The van der Waals surface area contributed by atoms with Crippen LogP contribution in [-0.2, 0) is 0 Å². The summed E-state index contributed by atoms with van der Waals surface area (Å²) in [4.78, 5) is 16.0. The second-order valence-electron chi connectivity index (χ2n) is 3.64. The molecule has 1 heterocycles. The molecule has 2 N–H and O–H groups in total. The van der Waals surface area contributed by atoms with E-state index in [0.29, 0.717) is 18.1 Å². The van der Waals surface area contributed by atoms with E-state index >= 15 is 0 Å². The molecule has 0 fully saturated rings. The minimum absolute atomic E-state index is 0.0106. The average molecular weight is 256 g/mol. The highest BCUT2D eigenvalue weighted by molar-refractivity contribution is 7.80. The van der Waals surface area contributed by atoms with Crippen molar-refractivity contribution in [2.45, 2.75) is 20.8 Å². The summed E-state index contributed by atoms with van der Waals surface area (Å²) in [5, 5.41) is 0. The number of amides is 1. The van der Waals surface area contributed by atoms with Gasteiger partial charge in [-0.3, -0.25) is 4.79 Å². The molecule has 0 spiro atoms. The molecule has 1 amide bonds. The van der Waals surface area contributed by atoms with Crippen LogP contribution in [0.1, 0.15) is 27.0 Å². The first kappa shape index (κ1) is 13.1. The summed E-state index contributed by atoms with van der Waals surface area (Å²) < 4.78 is 0. The first-order valence-corrected chi connectivity index (χ1v) is 6.32. The van der Waals surface area contributed by atoms with Gasteiger partial charge in [-0.05, 0) is 32.4 Å². The molecular formula is C11H16N2OS2. The molecule has 0 aliphatic heterocycles. The van der Waals surface area contributed by atoms with Crippen LogP contribution in [0.25, 0.3) is 0 Å². The standard InChI is InChI=1S/C11H16N2OS2/c1-4-13(6-10(12)15)11(14)9-5-7(2)8(3)16-9/h5H,4,6H2,1-3H3,(H2,12,15). The zero-order chi connectivity index (χ0) is 12.3. The van der Waals surface area contributed by atoms with Crippen molar-refractivity contribution in [1.82, 2.24) is 4.90 Å². The van der Waals surface area contributed by atoms with Crippen molar-refractivity contribution >= 4 is 34.5 Å². The number of rotatable bonds is 4. The summed E-state index contributed by atoms with van der Waals surface area (Å²) in [5.41, 5.74) is 6.61. The fraction of sp³-hybridized carbons (Fsp3) is 0.455. The smallest absolute Gasteiger partial charge is 0.264 e. The lowest BCUT2D eigenvalue weighted by Crippen LogP contribution is -2.37. The SMILES string of the molecule is CCN(CC(N)=S)C(=O)c1cc(C)c(C)s1. The molecule has 0 aromatic carbocycles. The van der Waals surface area contributed by atoms with Gasteiger partial charge in [0.15, 0.2) is 0 Å². The summed E-state index contributed by atoms with van der Waals surface area (Å²) >= 11 is 6.34. The number of carbonyl (C=O) groups is 1. The monoisotopic (exact) mass is 256 g/mol. The van der Waals surface area contributed by atoms with Crippen LogP contribution in [0.5, 0.6) is 0 Å². The molecule has 0 bridgehead atoms. The molecule has 5 heteroatoms. The second kappa shape index (κ2) is 5.41. The van der Waals surface area contributed by atoms with E-state index in [1.165, 1.54) is 16.2 Å². The fourth-order valence-electron chi connectivity index (χ4n) is 1.35. The molecule has 16 heavy (non-hydrogen) atoms. The van der Waals surface area contributed by atoms with Crippen LogP contribution in [0.3, 0.4) is 0 Å². The lowest BCUT2D eigenvalue weighted by molar-refractivity contribution is 0.0792. The fourth-order valence-corrected chi connectivity index (χ4v) is 2.51. The quantitative estimate of drug-likeness (QED) is 0.839. The zero-order valence-electron chi connectivity index (χ0n) is 9.74. The predicted octanol–water partition coefficient (Wildman–Crippen LogP) is 2.11. The number of likely N-dealkylation sites (N-methyl/N-ethyl adjacent to an activating group) is 1. The van der Waals surface area contributed by atoms with Gasteiger partial charge in [-0.25, -0.2) is 0 Å². The van der Waals surface area contributed by atoms with E-state index < -0.39 is 0 Å².